The summed E-state index contributed by atoms with van der Waals surface area (Å²) in [6.07, 6.45) is 4.37. The molecule has 1 atom stereocenters. The summed E-state index contributed by atoms with van der Waals surface area (Å²) in [7, 11) is 0. The van der Waals surface area contributed by atoms with E-state index in [9.17, 15) is 0 Å². The minimum absolute atomic E-state index is 0.740. The molecule has 88 valence electrons. The van der Waals surface area contributed by atoms with Crippen molar-refractivity contribution < 1.29 is 4.74 Å². The first-order valence-electron chi connectivity index (χ1n) is 5.88. The molecule has 0 spiro atoms. The fourth-order valence-corrected chi connectivity index (χ4v) is 1.68. The van der Waals surface area contributed by atoms with Gasteiger partial charge in [-0.15, -0.1) is 0 Å². The Morgan fingerprint density at radius 3 is 2.33 bits per heavy atom. The van der Waals surface area contributed by atoms with Crippen LogP contribution in [0, 0.1) is 11.8 Å². The summed E-state index contributed by atoms with van der Waals surface area (Å²) < 4.78 is 5.53. The average molecular weight is 210 g/mol. The van der Waals surface area contributed by atoms with Crippen molar-refractivity contribution in [3.8, 4) is 0 Å². The number of hydrogen-bond donors (Lipinski definition) is 0. The van der Waals surface area contributed by atoms with Crippen molar-refractivity contribution in [1.82, 2.24) is 0 Å². The van der Waals surface area contributed by atoms with E-state index in [1.807, 2.05) is 6.08 Å². The second-order valence-corrected chi connectivity index (χ2v) is 5.06. The maximum absolute atomic E-state index is 5.53. The molecule has 0 heterocycles. The van der Waals surface area contributed by atoms with E-state index in [0.29, 0.717) is 0 Å². The highest BCUT2D eigenvalue weighted by Crippen LogP contribution is 2.15. The van der Waals surface area contributed by atoms with Crippen molar-refractivity contribution in [2.45, 2.75) is 47.5 Å². The van der Waals surface area contributed by atoms with Gasteiger partial charge in [-0.2, -0.15) is 0 Å². The highest BCUT2D eigenvalue weighted by atomic mass is 16.5. The van der Waals surface area contributed by atoms with Gasteiger partial charge < -0.3 is 4.74 Å². The van der Waals surface area contributed by atoms with Gasteiger partial charge in [0.05, 0.1) is 6.61 Å². The molecule has 0 fully saturated rings. The highest BCUT2D eigenvalue weighted by Gasteiger charge is 2.04. The van der Waals surface area contributed by atoms with Crippen LogP contribution in [0.5, 0.6) is 0 Å². The van der Waals surface area contributed by atoms with Gasteiger partial charge in [-0.1, -0.05) is 32.9 Å². The Morgan fingerprint density at radius 1 is 1.27 bits per heavy atom. The summed E-state index contributed by atoms with van der Waals surface area (Å²) in [5.74, 6) is 2.30. The Balaban J connectivity index is 3.61. The van der Waals surface area contributed by atoms with Crippen molar-refractivity contribution in [2.75, 3.05) is 6.61 Å². The summed E-state index contributed by atoms with van der Waals surface area (Å²) in [6, 6.07) is 0. The third-order valence-electron chi connectivity index (χ3n) is 2.22. The predicted molar refractivity (Wildman–Crippen MR) is 67.8 cm³/mol. The number of ether oxygens (including phenoxy) is 1. The standard InChI is InChI=1S/C14H26O/c1-11(2)9-13(5)7-8-15-14(6)10-12(3)4/h10-11,13H,6-9H2,1-5H3. The third kappa shape index (κ3) is 9.58. The van der Waals surface area contributed by atoms with Crippen LogP contribution in [0.2, 0.25) is 0 Å². The molecule has 0 saturated carbocycles. The first-order valence-corrected chi connectivity index (χ1v) is 5.88. The fraction of sp³-hybridized carbons (Fsp3) is 0.714. The second-order valence-electron chi connectivity index (χ2n) is 5.06. The van der Waals surface area contributed by atoms with Crippen LogP contribution in [-0.2, 0) is 4.74 Å². The lowest BCUT2D eigenvalue weighted by Crippen LogP contribution is -2.04. The highest BCUT2D eigenvalue weighted by molar-refractivity contribution is 5.12. The van der Waals surface area contributed by atoms with E-state index in [-0.39, 0.29) is 0 Å². The summed E-state index contributed by atoms with van der Waals surface area (Å²) in [5, 5.41) is 0. The van der Waals surface area contributed by atoms with E-state index >= 15 is 0 Å². The Kier molecular flexibility index (Phi) is 7.19. The minimum atomic E-state index is 0.740. The van der Waals surface area contributed by atoms with E-state index in [1.54, 1.807) is 0 Å². The van der Waals surface area contributed by atoms with Crippen molar-refractivity contribution in [1.29, 1.82) is 0 Å². The molecule has 0 aliphatic heterocycles. The molecule has 15 heavy (non-hydrogen) atoms. The van der Waals surface area contributed by atoms with Gasteiger partial charge in [0, 0.05) is 0 Å². The normalized spacial score (nSPS) is 12.4. The van der Waals surface area contributed by atoms with Crippen LogP contribution in [0.1, 0.15) is 47.5 Å². The van der Waals surface area contributed by atoms with Gasteiger partial charge in [0.2, 0.25) is 0 Å². The second kappa shape index (κ2) is 7.56. The molecule has 0 aromatic carbocycles. The molecule has 1 heteroatoms. The lowest BCUT2D eigenvalue weighted by atomic mass is 9.96. The molecule has 0 rings (SSSR count). The zero-order chi connectivity index (χ0) is 11.8. The number of hydrogen-bond acceptors (Lipinski definition) is 1. The van der Waals surface area contributed by atoms with Gasteiger partial charge in [0.15, 0.2) is 0 Å². The third-order valence-corrected chi connectivity index (χ3v) is 2.22. The summed E-state index contributed by atoms with van der Waals surface area (Å²) in [5.41, 5.74) is 1.23. The first kappa shape index (κ1) is 14.3. The predicted octanol–water partition coefficient (Wildman–Crippen LogP) is 4.56. The maximum Gasteiger partial charge on any atom is 0.112 e. The molecular weight excluding hydrogens is 184 g/mol. The maximum atomic E-state index is 5.53. The Hall–Kier alpha value is -0.720. The molecule has 0 aliphatic rings. The van der Waals surface area contributed by atoms with E-state index in [4.69, 9.17) is 4.74 Å². The molecule has 0 amide bonds. The number of rotatable bonds is 7. The van der Waals surface area contributed by atoms with Gasteiger partial charge in [0.1, 0.15) is 5.76 Å². The van der Waals surface area contributed by atoms with Crippen LogP contribution < -0.4 is 0 Å². The van der Waals surface area contributed by atoms with Gasteiger partial charge in [-0.25, -0.2) is 0 Å². The molecule has 1 nitrogen and oxygen atoms in total. The Labute approximate surface area is 95.2 Å². The zero-order valence-corrected chi connectivity index (χ0v) is 11.0. The minimum Gasteiger partial charge on any atom is -0.494 e. The topological polar surface area (TPSA) is 9.23 Å². The van der Waals surface area contributed by atoms with Crippen LogP contribution in [-0.4, -0.2) is 6.61 Å². The fourth-order valence-electron chi connectivity index (χ4n) is 1.68. The molecule has 0 aromatic rings. The van der Waals surface area contributed by atoms with E-state index in [2.05, 4.69) is 41.2 Å². The SMILES string of the molecule is C=C(C=C(C)C)OCCC(C)CC(C)C. The molecule has 0 radical (unpaired) electrons. The van der Waals surface area contributed by atoms with Crippen molar-refractivity contribution >= 4 is 0 Å². The Bertz CT molecular complexity index is 209. The van der Waals surface area contributed by atoms with Gasteiger partial charge in [-0.3, -0.25) is 0 Å². The number of allylic oxidation sites excluding steroid dienone is 2. The largest absolute Gasteiger partial charge is 0.494 e. The molecule has 0 saturated heterocycles. The smallest absolute Gasteiger partial charge is 0.112 e. The zero-order valence-electron chi connectivity index (χ0n) is 11.0. The molecule has 0 bridgehead atoms. The van der Waals surface area contributed by atoms with Crippen LogP contribution in [0.3, 0.4) is 0 Å². The lowest BCUT2D eigenvalue weighted by molar-refractivity contribution is 0.198. The van der Waals surface area contributed by atoms with E-state index < -0.39 is 0 Å². The summed E-state index contributed by atoms with van der Waals surface area (Å²) in [4.78, 5) is 0. The van der Waals surface area contributed by atoms with Crippen LogP contribution in [0.15, 0.2) is 24.0 Å². The van der Waals surface area contributed by atoms with Crippen LogP contribution >= 0.6 is 0 Å². The molecular formula is C14H26O. The van der Waals surface area contributed by atoms with Crippen molar-refractivity contribution in [3.63, 3.8) is 0 Å². The lowest BCUT2D eigenvalue weighted by Gasteiger charge is -2.14. The summed E-state index contributed by atoms with van der Waals surface area (Å²) >= 11 is 0. The monoisotopic (exact) mass is 210 g/mol. The van der Waals surface area contributed by atoms with Gasteiger partial charge >= 0.3 is 0 Å². The molecule has 0 N–H and O–H groups in total. The van der Waals surface area contributed by atoms with E-state index in [0.717, 1.165) is 30.6 Å². The molecule has 0 aliphatic carbocycles. The Morgan fingerprint density at radius 2 is 1.87 bits per heavy atom. The van der Waals surface area contributed by atoms with Gasteiger partial charge in [0.25, 0.3) is 0 Å². The van der Waals surface area contributed by atoms with Gasteiger partial charge in [-0.05, 0) is 44.6 Å². The first-order chi connectivity index (χ1) is 6.91. The van der Waals surface area contributed by atoms with Crippen molar-refractivity contribution in [3.05, 3.63) is 24.0 Å². The molecule has 0 aromatic heterocycles. The summed E-state index contributed by atoms with van der Waals surface area (Å²) in [6.45, 7) is 15.6. The van der Waals surface area contributed by atoms with Crippen LogP contribution in [0.4, 0.5) is 0 Å². The average Bonchev–Trinajstić information content (AvgIpc) is 2.00. The van der Waals surface area contributed by atoms with Crippen molar-refractivity contribution in [2.24, 2.45) is 11.8 Å². The molecule has 1 unspecified atom stereocenters. The van der Waals surface area contributed by atoms with E-state index in [1.165, 1.54) is 12.0 Å². The quantitative estimate of drug-likeness (QED) is 0.442. The van der Waals surface area contributed by atoms with Crippen LogP contribution in [0.25, 0.3) is 0 Å².